The van der Waals surface area contributed by atoms with Crippen molar-refractivity contribution < 1.29 is 0 Å². The minimum Gasteiger partial charge on any atom is -0.376 e. The minimum atomic E-state index is -2.70. The van der Waals surface area contributed by atoms with E-state index in [9.17, 15) is 0 Å². The van der Waals surface area contributed by atoms with Crippen molar-refractivity contribution >= 4 is 69.3 Å². The third kappa shape index (κ3) is 3.18. The molecule has 1 fully saturated rings. The first kappa shape index (κ1) is 29.8. The lowest BCUT2D eigenvalue weighted by molar-refractivity contribution is 0.195. The first-order valence-electron chi connectivity index (χ1n) is 19.9. The van der Waals surface area contributed by atoms with E-state index in [1.807, 2.05) is 0 Å². The zero-order valence-corrected chi connectivity index (χ0v) is 31.7. The summed E-state index contributed by atoms with van der Waals surface area (Å²) in [6.45, 7) is 5.24. The maximum atomic E-state index is 2.86. The quantitative estimate of drug-likeness (QED) is 0.160. The van der Waals surface area contributed by atoms with Crippen molar-refractivity contribution in [3.8, 4) is 33.4 Å². The van der Waals surface area contributed by atoms with E-state index >= 15 is 0 Å². The van der Waals surface area contributed by atoms with Crippen LogP contribution in [0, 0.1) is 0 Å². The van der Waals surface area contributed by atoms with E-state index in [1.54, 1.807) is 5.56 Å². The fraction of sp³-hybridized carbons (Fsp3) is 0.160. The largest absolute Gasteiger partial charge is 0.376 e. The first-order chi connectivity index (χ1) is 26.6. The van der Waals surface area contributed by atoms with Crippen molar-refractivity contribution in [2.75, 3.05) is 9.71 Å². The van der Waals surface area contributed by atoms with Crippen LogP contribution in [0.4, 0.5) is 22.7 Å². The molecule has 7 aromatic rings. The highest BCUT2D eigenvalue weighted by atomic mass is 28.3. The molecule has 4 heteroatoms. The monoisotopic (exact) mass is 706 g/mol. The number of fused-ring (bicyclic) bond motifs is 16. The van der Waals surface area contributed by atoms with E-state index in [-0.39, 0.29) is 17.8 Å². The number of rotatable bonds is 1. The van der Waals surface area contributed by atoms with Gasteiger partial charge in [-0.1, -0.05) is 153 Å². The lowest BCUT2D eigenvalue weighted by Crippen LogP contribution is -2.78. The van der Waals surface area contributed by atoms with Gasteiger partial charge in [0.2, 0.25) is 0 Å². The number of anilines is 4. The van der Waals surface area contributed by atoms with Crippen LogP contribution in [0.15, 0.2) is 152 Å². The van der Waals surface area contributed by atoms with E-state index in [0.717, 1.165) is 0 Å². The summed E-state index contributed by atoms with van der Waals surface area (Å²) in [6, 6.07) is 59.1. The molecule has 0 radical (unpaired) electrons. The van der Waals surface area contributed by atoms with Gasteiger partial charge in [0, 0.05) is 33.7 Å². The highest BCUT2D eigenvalue weighted by Gasteiger charge is 2.63. The van der Waals surface area contributed by atoms with Crippen molar-refractivity contribution in [2.24, 2.45) is 0 Å². The molecule has 2 nitrogen and oxygen atoms in total. The standard InChI is InChI=1S/C50H39BN2Si/c1-49-28-12-13-29-50(49,2)52-41-31-33(32-16-4-3-5-17-32)30-37-36-20-14-27-45-47(36)53(51(46(37)41)39-22-15-21-38(49)48(39)52)40-23-8-11-26-44(40)54(45)42-24-9-6-18-34(42)35-19-7-10-25-43(35)54/h3-11,14-27,30-31H,12-13,28-29H2,1-2H3. The average Bonchev–Trinajstić information content (AvgIpc) is 3.63. The van der Waals surface area contributed by atoms with Crippen LogP contribution in [-0.4, -0.2) is 20.5 Å². The van der Waals surface area contributed by atoms with Crippen molar-refractivity contribution in [1.29, 1.82) is 0 Å². The van der Waals surface area contributed by atoms with Crippen LogP contribution in [0.25, 0.3) is 33.4 Å². The second-order valence-electron chi connectivity index (χ2n) is 17.0. The smallest absolute Gasteiger partial charge is 0.333 e. The molecule has 0 bridgehead atoms. The zero-order chi connectivity index (χ0) is 35.6. The van der Waals surface area contributed by atoms with E-state index in [4.69, 9.17) is 0 Å². The SMILES string of the molecule is CC12CCCCC1(C)N1c3cc(-c4ccccc4)cc4c3B(c3cccc2c31)N1c2ccccc2[Si]2(c3ccccc3-c3ccccc32)c2cccc-4c21. The summed E-state index contributed by atoms with van der Waals surface area (Å²) in [7, 11) is -2.70. The molecule has 0 N–H and O–H groups in total. The summed E-state index contributed by atoms with van der Waals surface area (Å²) in [5.41, 5.74) is 18.4. The van der Waals surface area contributed by atoms with Crippen LogP contribution in [0.2, 0.25) is 0 Å². The first-order valence-corrected chi connectivity index (χ1v) is 21.9. The van der Waals surface area contributed by atoms with Gasteiger partial charge in [0.1, 0.15) is 0 Å². The molecular weight excluding hydrogens is 667 g/mol. The molecule has 5 heterocycles. The van der Waals surface area contributed by atoms with Crippen LogP contribution in [0.1, 0.15) is 45.1 Å². The third-order valence-corrected chi connectivity index (χ3v) is 19.9. The Balaban J connectivity index is 1.21. The molecule has 1 spiro atoms. The van der Waals surface area contributed by atoms with Crippen LogP contribution < -0.4 is 41.4 Å². The predicted molar refractivity (Wildman–Crippen MR) is 230 cm³/mol. The molecule has 0 amide bonds. The second kappa shape index (κ2) is 9.93. The maximum Gasteiger partial charge on any atom is 0.333 e. The highest BCUT2D eigenvalue weighted by molar-refractivity contribution is 7.24. The third-order valence-electron chi connectivity index (χ3n) is 15.0. The van der Waals surface area contributed by atoms with E-state index in [2.05, 4.69) is 175 Å². The van der Waals surface area contributed by atoms with Crippen LogP contribution in [0.3, 0.4) is 0 Å². The molecule has 256 valence electrons. The molecule has 1 saturated carbocycles. The van der Waals surface area contributed by atoms with Gasteiger partial charge in [-0.15, -0.1) is 0 Å². The fourth-order valence-corrected chi connectivity index (χ4v) is 18.2. The minimum absolute atomic E-state index is 0.00604. The lowest BCUT2D eigenvalue weighted by atomic mass is 9.43. The summed E-state index contributed by atoms with van der Waals surface area (Å²) in [6.07, 6.45) is 4.99. The molecule has 1 aliphatic carbocycles. The van der Waals surface area contributed by atoms with Crippen LogP contribution >= 0.6 is 0 Å². The van der Waals surface area contributed by atoms with Gasteiger partial charge in [-0.2, -0.15) is 0 Å². The zero-order valence-electron chi connectivity index (χ0n) is 30.7. The van der Waals surface area contributed by atoms with Gasteiger partial charge in [-0.25, -0.2) is 0 Å². The Morgan fingerprint density at radius 2 is 1.17 bits per heavy atom. The Labute approximate surface area is 318 Å². The van der Waals surface area contributed by atoms with Gasteiger partial charge in [0.15, 0.2) is 8.07 Å². The Hall–Kier alpha value is -5.58. The van der Waals surface area contributed by atoms with Crippen molar-refractivity contribution in [3.05, 3.63) is 157 Å². The number of hydrogen-bond donors (Lipinski definition) is 0. The van der Waals surface area contributed by atoms with E-state index in [0.29, 0.717) is 0 Å². The summed E-state index contributed by atoms with van der Waals surface area (Å²) < 4.78 is 0. The van der Waals surface area contributed by atoms with Gasteiger partial charge in [0.05, 0.1) is 5.54 Å². The molecular formula is C50H39BN2Si. The summed E-state index contributed by atoms with van der Waals surface area (Å²) in [4.78, 5) is 5.68. The highest BCUT2D eigenvalue weighted by Crippen LogP contribution is 2.62. The molecule has 2 unspecified atom stereocenters. The Morgan fingerprint density at radius 3 is 1.96 bits per heavy atom. The van der Waals surface area contributed by atoms with E-state index in [1.165, 1.54) is 113 Å². The lowest BCUT2D eigenvalue weighted by Gasteiger charge is -2.54. The van der Waals surface area contributed by atoms with Gasteiger partial charge in [0.25, 0.3) is 0 Å². The number of nitrogens with zero attached hydrogens (tertiary/aromatic N) is 2. The molecule has 2 atom stereocenters. The van der Waals surface area contributed by atoms with E-state index < -0.39 is 8.07 Å². The predicted octanol–water partition coefficient (Wildman–Crippen LogP) is 8.00. The topological polar surface area (TPSA) is 6.48 Å². The molecule has 0 aromatic heterocycles. The number of benzene rings is 7. The second-order valence-corrected chi connectivity index (χ2v) is 20.7. The maximum absolute atomic E-state index is 2.86. The molecule has 5 aliphatic heterocycles. The van der Waals surface area contributed by atoms with Crippen molar-refractivity contribution in [3.63, 3.8) is 0 Å². The van der Waals surface area contributed by atoms with Crippen LogP contribution in [0.5, 0.6) is 0 Å². The van der Waals surface area contributed by atoms with Crippen molar-refractivity contribution in [1.82, 2.24) is 0 Å². The normalized spacial score (nSPS) is 22.1. The van der Waals surface area contributed by atoms with Crippen molar-refractivity contribution in [2.45, 2.75) is 50.5 Å². The fourth-order valence-electron chi connectivity index (χ4n) is 12.6. The Kier molecular flexibility index (Phi) is 5.49. The van der Waals surface area contributed by atoms with Gasteiger partial charge in [-0.3, -0.25) is 0 Å². The van der Waals surface area contributed by atoms with Gasteiger partial charge >= 0.3 is 6.85 Å². The molecule has 13 rings (SSSR count). The summed E-state index contributed by atoms with van der Waals surface area (Å²) in [5, 5.41) is 6.09. The molecule has 7 aromatic carbocycles. The summed E-state index contributed by atoms with van der Waals surface area (Å²) >= 11 is 0. The molecule has 0 saturated heterocycles. The summed E-state index contributed by atoms with van der Waals surface area (Å²) in [5.74, 6) is 0. The Morgan fingerprint density at radius 1 is 0.519 bits per heavy atom. The van der Waals surface area contributed by atoms with Crippen LogP contribution in [-0.2, 0) is 5.41 Å². The molecule has 54 heavy (non-hydrogen) atoms. The van der Waals surface area contributed by atoms with Gasteiger partial charge in [-0.05, 0) is 103 Å². The molecule has 6 aliphatic rings. The van der Waals surface area contributed by atoms with Gasteiger partial charge < -0.3 is 9.71 Å². The number of hydrogen-bond acceptors (Lipinski definition) is 2. The number of para-hydroxylation sites is 3. The average molecular weight is 707 g/mol. The Bertz CT molecular complexity index is 2760.